The number of halogens is 2. The van der Waals surface area contributed by atoms with E-state index in [4.69, 9.17) is 11.5 Å². The lowest BCUT2D eigenvalue weighted by molar-refractivity contribution is 0.271. The van der Waals surface area contributed by atoms with Gasteiger partial charge < -0.3 is 21.9 Å². The molecule has 1 aromatic rings. The molecule has 1 fully saturated rings. The summed E-state index contributed by atoms with van der Waals surface area (Å²) in [5.74, 6) is 1.34. The number of hydrogen-bond donors (Lipinski definition) is 4. The first-order chi connectivity index (χ1) is 8.62. The second-order valence-corrected chi connectivity index (χ2v) is 4.90. The molecular formula is C12H23Cl2N5O. The van der Waals surface area contributed by atoms with Crippen molar-refractivity contribution in [3.05, 3.63) is 11.8 Å². The predicted molar refractivity (Wildman–Crippen MR) is 85.7 cm³/mol. The van der Waals surface area contributed by atoms with Gasteiger partial charge in [-0.15, -0.1) is 24.8 Å². The van der Waals surface area contributed by atoms with Crippen LogP contribution in [-0.2, 0) is 0 Å². The summed E-state index contributed by atoms with van der Waals surface area (Å²) in [5.41, 5.74) is 12.4. The maximum Gasteiger partial charge on any atom is 0.222 e. The number of rotatable bonds is 5. The van der Waals surface area contributed by atoms with Gasteiger partial charge in [-0.2, -0.15) is 4.98 Å². The van der Waals surface area contributed by atoms with Crippen LogP contribution in [0, 0.1) is 0 Å². The number of nitrogens with zero attached hydrogens (tertiary/aromatic N) is 2. The fourth-order valence-corrected chi connectivity index (χ4v) is 2.16. The van der Waals surface area contributed by atoms with E-state index in [0.717, 1.165) is 25.0 Å². The predicted octanol–water partition coefficient (Wildman–Crippen LogP) is 1.29. The number of nitrogen functional groups attached to an aromatic ring is 1. The third-order valence-electron chi connectivity index (χ3n) is 3.42. The number of hydrogen-bond acceptors (Lipinski definition) is 6. The Balaban J connectivity index is 0.00000180. The normalized spacial score (nSPS) is 21.9. The Morgan fingerprint density at radius 1 is 1.40 bits per heavy atom. The zero-order chi connectivity index (χ0) is 13.1. The molecule has 8 heteroatoms. The molecule has 2 rings (SSSR count). The van der Waals surface area contributed by atoms with Gasteiger partial charge in [-0.05, 0) is 19.3 Å². The van der Waals surface area contributed by atoms with Crippen molar-refractivity contribution in [2.45, 2.75) is 44.2 Å². The Morgan fingerprint density at radius 3 is 2.55 bits per heavy atom. The van der Waals surface area contributed by atoms with Gasteiger partial charge in [0.15, 0.2) is 0 Å². The third kappa shape index (κ3) is 4.63. The first-order valence-corrected chi connectivity index (χ1v) is 6.39. The van der Waals surface area contributed by atoms with Gasteiger partial charge in [0.05, 0.1) is 18.3 Å². The van der Waals surface area contributed by atoms with E-state index in [9.17, 15) is 5.11 Å². The molecule has 1 heterocycles. The van der Waals surface area contributed by atoms with Gasteiger partial charge in [0.2, 0.25) is 5.95 Å². The van der Waals surface area contributed by atoms with Crippen molar-refractivity contribution >= 4 is 36.6 Å². The topological polar surface area (TPSA) is 110 Å². The largest absolute Gasteiger partial charge is 0.394 e. The second-order valence-electron chi connectivity index (χ2n) is 4.90. The lowest BCUT2D eigenvalue weighted by Crippen LogP contribution is -2.35. The maximum absolute atomic E-state index is 9.17. The summed E-state index contributed by atoms with van der Waals surface area (Å²) in [6, 6.07) is 2.19. The van der Waals surface area contributed by atoms with Gasteiger partial charge in [0, 0.05) is 18.0 Å². The molecule has 1 atom stereocenters. The van der Waals surface area contributed by atoms with E-state index in [1.54, 1.807) is 0 Å². The minimum Gasteiger partial charge on any atom is -0.394 e. The van der Waals surface area contributed by atoms with Crippen molar-refractivity contribution in [1.29, 1.82) is 0 Å². The third-order valence-corrected chi connectivity index (χ3v) is 3.42. The highest BCUT2D eigenvalue weighted by molar-refractivity contribution is 5.85. The van der Waals surface area contributed by atoms with Gasteiger partial charge >= 0.3 is 0 Å². The van der Waals surface area contributed by atoms with Crippen molar-refractivity contribution in [2.75, 3.05) is 17.7 Å². The van der Waals surface area contributed by atoms with Crippen LogP contribution in [0.5, 0.6) is 0 Å². The molecule has 0 radical (unpaired) electrons. The first kappa shape index (κ1) is 19.2. The number of aliphatic hydroxyl groups excluding tert-OH is 1. The van der Waals surface area contributed by atoms with Crippen molar-refractivity contribution in [3.8, 4) is 0 Å². The van der Waals surface area contributed by atoms with Crippen LogP contribution >= 0.6 is 24.8 Å². The summed E-state index contributed by atoms with van der Waals surface area (Å²) in [4.78, 5) is 8.40. The van der Waals surface area contributed by atoms with Gasteiger partial charge in [-0.1, -0.05) is 6.92 Å². The summed E-state index contributed by atoms with van der Waals surface area (Å²) in [6.07, 6.45) is 2.73. The average Bonchev–Trinajstić information content (AvgIpc) is 2.31. The highest BCUT2D eigenvalue weighted by Gasteiger charge is 2.29. The van der Waals surface area contributed by atoms with Crippen LogP contribution in [0.4, 0.5) is 11.8 Å². The van der Waals surface area contributed by atoms with E-state index in [1.165, 1.54) is 0 Å². The van der Waals surface area contributed by atoms with E-state index in [1.807, 2.05) is 13.0 Å². The fourth-order valence-electron chi connectivity index (χ4n) is 2.16. The quantitative estimate of drug-likeness (QED) is 0.650. The lowest BCUT2D eigenvalue weighted by atomic mass is 9.78. The van der Waals surface area contributed by atoms with E-state index in [2.05, 4.69) is 15.3 Å². The van der Waals surface area contributed by atoms with E-state index < -0.39 is 0 Å². The average molecular weight is 324 g/mol. The van der Waals surface area contributed by atoms with Crippen LogP contribution in [0.1, 0.15) is 37.8 Å². The summed E-state index contributed by atoms with van der Waals surface area (Å²) < 4.78 is 0. The molecule has 0 saturated heterocycles. The van der Waals surface area contributed by atoms with Crippen molar-refractivity contribution < 1.29 is 5.11 Å². The van der Waals surface area contributed by atoms with Crippen molar-refractivity contribution in [1.82, 2.24) is 9.97 Å². The van der Waals surface area contributed by atoms with E-state index >= 15 is 0 Å². The monoisotopic (exact) mass is 323 g/mol. The smallest absolute Gasteiger partial charge is 0.222 e. The summed E-state index contributed by atoms with van der Waals surface area (Å²) in [5, 5.41) is 12.3. The Hall–Kier alpha value is -0.820. The number of aromatic nitrogens is 2. The molecule has 1 saturated carbocycles. The van der Waals surface area contributed by atoms with Crippen LogP contribution in [0.15, 0.2) is 6.07 Å². The zero-order valence-electron chi connectivity index (χ0n) is 11.5. The molecule has 1 aliphatic rings. The van der Waals surface area contributed by atoms with E-state index in [0.29, 0.717) is 11.7 Å². The van der Waals surface area contributed by atoms with Crippen LogP contribution in [0.3, 0.4) is 0 Å². The number of anilines is 2. The van der Waals surface area contributed by atoms with Crippen LogP contribution in [0.2, 0.25) is 0 Å². The molecule has 0 spiro atoms. The summed E-state index contributed by atoms with van der Waals surface area (Å²) >= 11 is 0. The highest BCUT2D eigenvalue weighted by atomic mass is 35.5. The number of nitrogens with one attached hydrogen (secondary N) is 1. The lowest BCUT2D eigenvalue weighted by Gasteiger charge is -2.32. The number of nitrogens with two attached hydrogens (primary N) is 2. The molecule has 1 aliphatic carbocycles. The molecular weight excluding hydrogens is 301 g/mol. The molecule has 6 nitrogen and oxygen atoms in total. The standard InChI is InChI=1S/C12H21N5O.2ClH/c1-2-9(6-18)15-11-5-10(16-12(14)17-11)7-3-8(13)4-7;;/h5,7-9,18H,2-4,6,13H2,1H3,(H3,14,15,16,17);2*1H/t7?,8?,9-;;/m1../s1. The maximum atomic E-state index is 9.17. The second kappa shape index (κ2) is 8.46. The fraction of sp³-hybridized carbons (Fsp3) is 0.667. The van der Waals surface area contributed by atoms with Gasteiger partial charge in [-0.25, -0.2) is 4.98 Å². The Kier molecular flexibility index (Phi) is 8.12. The van der Waals surface area contributed by atoms with Crippen LogP contribution in [-0.4, -0.2) is 33.8 Å². The Morgan fingerprint density at radius 2 is 2.05 bits per heavy atom. The van der Waals surface area contributed by atoms with Crippen molar-refractivity contribution in [2.24, 2.45) is 5.73 Å². The first-order valence-electron chi connectivity index (χ1n) is 6.39. The van der Waals surface area contributed by atoms with Gasteiger partial charge in [0.25, 0.3) is 0 Å². The van der Waals surface area contributed by atoms with Crippen LogP contribution < -0.4 is 16.8 Å². The van der Waals surface area contributed by atoms with Crippen molar-refractivity contribution in [3.63, 3.8) is 0 Å². The molecule has 0 amide bonds. The Bertz CT molecular complexity index is 411. The van der Waals surface area contributed by atoms with Crippen LogP contribution in [0.25, 0.3) is 0 Å². The zero-order valence-corrected chi connectivity index (χ0v) is 13.1. The molecule has 116 valence electrons. The van der Waals surface area contributed by atoms with Gasteiger partial charge in [-0.3, -0.25) is 0 Å². The number of aliphatic hydroxyl groups is 1. The summed E-state index contributed by atoms with van der Waals surface area (Å²) in [7, 11) is 0. The molecule has 6 N–H and O–H groups in total. The minimum absolute atomic E-state index is 0. The highest BCUT2D eigenvalue weighted by Crippen LogP contribution is 2.35. The SMILES string of the molecule is CC[C@H](CO)Nc1cc(C2CC(N)C2)nc(N)n1.Cl.Cl. The van der Waals surface area contributed by atoms with E-state index in [-0.39, 0.29) is 49.5 Å². The molecule has 0 aromatic carbocycles. The molecule has 1 aromatic heterocycles. The van der Waals surface area contributed by atoms with Gasteiger partial charge in [0.1, 0.15) is 5.82 Å². The molecule has 0 bridgehead atoms. The summed E-state index contributed by atoms with van der Waals surface area (Å²) in [6.45, 7) is 2.08. The molecule has 0 unspecified atom stereocenters. The Labute approximate surface area is 131 Å². The molecule has 0 aliphatic heterocycles. The molecule has 20 heavy (non-hydrogen) atoms. The minimum atomic E-state index is -0.00389.